The zero-order valence-electron chi connectivity index (χ0n) is 33.9. The van der Waals surface area contributed by atoms with Crippen LogP contribution in [0.3, 0.4) is 0 Å². The highest BCUT2D eigenvalue weighted by Crippen LogP contribution is 2.56. The molecule has 3 fully saturated rings. The number of H-pyrrole nitrogens is 1. The summed E-state index contributed by atoms with van der Waals surface area (Å²) >= 11 is 0. The summed E-state index contributed by atoms with van der Waals surface area (Å²) in [5.41, 5.74) is 3.87. The molecule has 1 N–H and O–H groups in total. The first kappa shape index (κ1) is 37.9. The van der Waals surface area contributed by atoms with Gasteiger partial charge in [0.1, 0.15) is 17.1 Å². The Balaban J connectivity index is 1.09. The van der Waals surface area contributed by atoms with Crippen molar-refractivity contribution in [3.8, 4) is 5.69 Å². The number of carbonyl (C=O) groups is 2. The summed E-state index contributed by atoms with van der Waals surface area (Å²) in [5.74, 6) is -0.503. The largest absolute Gasteiger partial charge is 0.438 e. The summed E-state index contributed by atoms with van der Waals surface area (Å²) < 4.78 is 29.0. The number of nitrogens with zero attached hydrogens (tertiary/aromatic N) is 7. The Morgan fingerprint density at radius 1 is 0.900 bits per heavy atom. The van der Waals surface area contributed by atoms with Gasteiger partial charge in [0.2, 0.25) is 5.95 Å². The van der Waals surface area contributed by atoms with Gasteiger partial charge in [0.05, 0.1) is 17.4 Å². The van der Waals surface area contributed by atoms with Crippen molar-refractivity contribution in [1.82, 2.24) is 29.2 Å². The Kier molecular flexibility index (Phi) is 8.93. The molecule has 15 heteroatoms. The van der Waals surface area contributed by atoms with Crippen molar-refractivity contribution >= 4 is 34.5 Å². The van der Waals surface area contributed by atoms with Crippen LogP contribution in [0.15, 0.2) is 80.8 Å². The lowest BCUT2D eigenvalue weighted by atomic mass is 9.91. The second-order valence-corrected chi connectivity index (χ2v) is 16.7. The number of ether oxygens (including phenoxy) is 1. The monoisotopic (exact) mass is 812 g/mol. The number of carbonyl (C=O) groups excluding carboxylic acids is 2. The number of aryl methyl sites for hydroxylation is 2. The standard InChI is InChI=1S/C45H45FN8O6/c1-25-20-33(21-26(2)37(25)46)53-39(55)34-12-15-50(28(4)38(34)47-42(53)52-17-16-51(44(52)58)32-8-6-5-7-9-32)40(56)36-23-31-22-30(29-13-18-59-19-14-29)10-11-35(31)54(36)45(24-27(45)3)41-48-43(57)60-49-41/h5-11,20-23,27-29H,12-19,24H2,1-4H3,(H,48,49,57)/t27-,28-,45-/m0/s1. The molecule has 3 amide bonds. The molecule has 10 rings (SSSR count). The topological polar surface area (TPSA) is 152 Å². The molecule has 3 aromatic heterocycles. The number of hydrogen-bond donors (Lipinski definition) is 1. The number of urea groups is 1. The fourth-order valence-corrected chi connectivity index (χ4v) is 9.85. The second kappa shape index (κ2) is 14.1. The van der Waals surface area contributed by atoms with Gasteiger partial charge in [-0.3, -0.25) is 28.9 Å². The normalized spacial score (nSPS) is 21.9. The number of benzene rings is 3. The molecule has 0 unspecified atom stereocenters. The van der Waals surface area contributed by atoms with Crippen molar-refractivity contribution in [1.29, 1.82) is 0 Å². The van der Waals surface area contributed by atoms with Gasteiger partial charge in [0, 0.05) is 55.0 Å². The van der Waals surface area contributed by atoms with Crippen molar-refractivity contribution in [2.75, 3.05) is 42.6 Å². The Morgan fingerprint density at radius 3 is 2.30 bits per heavy atom. The van der Waals surface area contributed by atoms with Crippen molar-refractivity contribution < 1.29 is 23.2 Å². The molecule has 308 valence electrons. The molecule has 6 heterocycles. The van der Waals surface area contributed by atoms with Crippen molar-refractivity contribution in [2.24, 2.45) is 5.92 Å². The number of fused-ring (bicyclic) bond motifs is 2. The van der Waals surface area contributed by atoms with E-state index in [2.05, 4.69) is 35.3 Å². The van der Waals surface area contributed by atoms with Gasteiger partial charge in [-0.15, -0.1) is 0 Å². The van der Waals surface area contributed by atoms with E-state index in [-0.39, 0.29) is 54.7 Å². The fraction of sp³-hybridized carbons (Fsp3) is 0.378. The maximum Gasteiger partial charge on any atom is 0.438 e. The van der Waals surface area contributed by atoms with E-state index in [9.17, 15) is 18.8 Å². The first-order valence-electron chi connectivity index (χ1n) is 20.6. The first-order valence-corrected chi connectivity index (χ1v) is 20.6. The molecular formula is C45H45FN8O6. The van der Waals surface area contributed by atoms with E-state index < -0.39 is 17.3 Å². The molecule has 6 aromatic rings. The first-order chi connectivity index (χ1) is 29.0. The van der Waals surface area contributed by atoms with E-state index in [0.29, 0.717) is 77.4 Å². The van der Waals surface area contributed by atoms with Crippen LogP contribution in [0, 0.1) is 25.6 Å². The number of anilines is 2. The number of hydrogen-bond acceptors (Lipinski definition) is 8. The predicted octanol–water partition coefficient (Wildman–Crippen LogP) is 6.50. The highest BCUT2D eigenvalue weighted by Gasteiger charge is 2.59. The number of halogens is 1. The third-order valence-electron chi connectivity index (χ3n) is 13.2. The average molecular weight is 813 g/mol. The molecule has 2 saturated heterocycles. The molecule has 3 aromatic carbocycles. The van der Waals surface area contributed by atoms with Gasteiger partial charge in [-0.1, -0.05) is 36.3 Å². The number of rotatable bonds is 7. The highest BCUT2D eigenvalue weighted by atomic mass is 19.1. The molecule has 1 aliphatic carbocycles. The number of aromatic amines is 1. The van der Waals surface area contributed by atoms with Gasteiger partial charge in [0.15, 0.2) is 5.82 Å². The van der Waals surface area contributed by atoms with Crippen LogP contribution in [-0.2, 0) is 16.7 Å². The van der Waals surface area contributed by atoms with Crippen LogP contribution in [0.2, 0.25) is 0 Å². The summed E-state index contributed by atoms with van der Waals surface area (Å²) in [7, 11) is 0. The van der Waals surface area contributed by atoms with Gasteiger partial charge in [0.25, 0.3) is 11.5 Å². The molecule has 60 heavy (non-hydrogen) atoms. The molecule has 0 radical (unpaired) electrons. The van der Waals surface area contributed by atoms with Crippen molar-refractivity contribution in [3.05, 3.63) is 133 Å². The number of amides is 3. The fourth-order valence-electron chi connectivity index (χ4n) is 9.85. The quantitative estimate of drug-likeness (QED) is 0.192. The minimum absolute atomic E-state index is 0.0185. The summed E-state index contributed by atoms with van der Waals surface area (Å²) in [6, 6.07) is 19.7. The smallest absolute Gasteiger partial charge is 0.381 e. The van der Waals surface area contributed by atoms with Gasteiger partial charge < -0.3 is 14.2 Å². The molecule has 3 aliphatic heterocycles. The summed E-state index contributed by atoms with van der Waals surface area (Å²) in [5, 5.41) is 5.03. The van der Waals surface area contributed by atoms with E-state index in [1.54, 1.807) is 35.8 Å². The maximum atomic E-state index is 15.2. The molecule has 1 saturated carbocycles. The van der Waals surface area contributed by atoms with E-state index in [4.69, 9.17) is 14.2 Å². The Morgan fingerprint density at radius 2 is 1.62 bits per heavy atom. The summed E-state index contributed by atoms with van der Waals surface area (Å²) in [4.78, 5) is 69.4. The van der Waals surface area contributed by atoms with Crippen LogP contribution in [0.5, 0.6) is 0 Å². The molecule has 4 aliphatic rings. The van der Waals surface area contributed by atoms with Crippen LogP contribution in [0.25, 0.3) is 16.6 Å². The van der Waals surface area contributed by atoms with Gasteiger partial charge in [-0.05, 0) is 117 Å². The lowest BCUT2D eigenvalue weighted by Crippen LogP contribution is -2.45. The van der Waals surface area contributed by atoms with E-state index in [0.717, 1.165) is 23.7 Å². The Bertz CT molecular complexity index is 2820. The third kappa shape index (κ3) is 5.84. The van der Waals surface area contributed by atoms with Crippen LogP contribution < -0.4 is 21.1 Å². The minimum Gasteiger partial charge on any atom is -0.381 e. The van der Waals surface area contributed by atoms with E-state index in [1.165, 1.54) is 15.0 Å². The van der Waals surface area contributed by atoms with Crippen LogP contribution in [0.4, 0.5) is 20.8 Å². The van der Waals surface area contributed by atoms with Crippen molar-refractivity contribution in [3.63, 3.8) is 0 Å². The molecule has 3 atom stereocenters. The van der Waals surface area contributed by atoms with Crippen LogP contribution in [0.1, 0.15) is 89.3 Å². The molecular weight excluding hydrogens is 768 g/mol. The van der Waals surface area contributed by atoms with Gasteiger partial charge in [-0.2, -0.15) is 0 Å². The van der Waals surface area contributed by atoms with E-state index >= 15 is 4.79 Å². The number of aromatic nitrogens is 5. The lowest BCUT2D eigenvalue weighted by molar-refractivity contribution is 0.0658. The third-order valence-corrected chi connectivity index (χ3v) is 13.2. The van der Waals surface area contributed by atoms with Crippen LogP contribution in [-0.4, -0.2) is 73.9 Å². The Hall–Kier alpha value is -6.35. The van der Waals surface area contributed by atoms with Crippen molar-refractivity contribution in [2.45, 2.75) is 70.9 Å². The highest BCUT2D eigenvalue weighted by molar-refractivity contribution is 6.05. The molecule has 0 bridgehead atoms. The summed E-state index contributed by atoms with van der Waals surface area (Å²) in [6.45, 7) is 9.41. The second-order valence-electron chi connectivity index (χ2n) is 16.7. The number of nitrogens with one attached hydrogen (secondary N) is 1. The maximum absolute atomic E-state index is 15.2. The average Bonchev–Trinajstić information content (AvgIpc) is 3.58. The zero-order chi connectivity index (χ0) is 41.6. The minimum atomic E-state index is -0.832. The van der Waals surface area contributed by atoms with Crippen LogP contribution >= 0.6 is 0 Å². The zero-order valence-corrected chi connectivity index (χ0v) is 33.9. The predicted molar refractivity (Wildman–Crippen MR) is 222 cm³/mol. The number of para-hydroxylation sites is 1. The summed E-state index contributed by atoms with van der Waals surface area (Å²) in [6.07, 6.45) is 2.64. The van der Waals surface area contributed by atoms with Gasteiger partial charge >= 0.3 is 11.8 Å². The SMILES string of the molecule is Cc1cc(-n2c(N3CCN(c4ccccc4)C3=O)nc3c(c2=O)CCN(C(=O)c2cc4cc(C5CCOCC5)ccc4n2[C@@]2(c4noc(=O)[nH]4)C[C@@H]2C)[C@H]3C)cc(C)c1F. The Labute approximate surface area is 344 Å². The lowest BCUT2D eigenvalue weighted by Gasteiger charge is -2.36. The molecule has 14 nitrogen and oxygen atoms in total. The molecule has 0 spiro atoms. The van der Waals surface area contributed by atoms with Gasteiger partial charge in [-0.25, -0.2) is 23.5 Å². The van der Waals surface area contributed by atoms with E-state index in [1.807, 2.05) is 47.9 Å².